The van der Waals surface area contributed by atoms with Crippen LogP contribution < -0.4 is 4.74 Å². The van der Waals surface area contributed by atoms with Gasteiger partial charge >= 0.3 is 5.97 Å². The largest absolute Gasteiger partial charge is 0.497 e. The molecule has 0 unspecified atom stereocenters. The molecule has 0 aliphatic rings. The Labute approximate surface area is 118 Å². The third kappa shape index (κ3) is 2.56. The molecule has 0 spiro atoms. The number of benzene rings is 1. The number of hydrogen-bond acceptors (Lipinski definition) is 5. The van der Waals surface area contributed by atoms with Crippen molar-refractivity contribution in [2.24, 2.45) is 5.11 Å². The maximum absolute atomic E-state index is 11.3. The topological polar surface area (TPSA) is 108 Å². The number of hydrogen-bond donors (Lipinski definition) is 1. The fraction of sp³-hybridized carbons (Fsp3) is 0.167. The van der Waals surface area contributed by atoms with Gasteiger partial charge in [-0.1, -0.05) is 0 Å². The summed E-state index contributed by atoms with van der Waals surface area (Å²) in [4.78, 5) is 18.0. The molecule has 0 atom stereocenters. The van der Waals surface area contributed by atoms with Crippen LogP contribution in [0.4, 0.5) is 5.13 Å². The quantitative estimate of drug-likeness (QED) is 0.525. The summed E-state index contributed by atoms with van der Waals surface area (Å²) in [5.41, 5.74) is 10.2. The van der Waals surface area contributed by atoms with Crippen molar-refractivity contribution >= 4 is 22.4 Å². The molecule has 0 aliphatic heterocycles. The molecule has 102 valence electrons. The Bertz CT molecular complexity index is 719. The van der Waals surface area contributed by atoms with E-state index in [0.717, 1.165) is 16.9 Å². The molecule has 0 amide bonds. The van der Waals surface area contributed by atoms with E-state index in [4.69, 9.17) is 10.3 Å². The number of ether oxygens (including phenoxy) is 1. The number of carboxylic acids is 1. The Balaban J connectivity index is 2.61. The first-order chi connectivity index (χ1) is 9.56. The smallest absolute Gasteiger partial charge is 0.348 e. The van der Waals surface area contributed by atoms with Crippen LogP contribution in [0.15, 0.2) is 23.3 Å². The summed E-state index contributed by atoms with van der Waals surface area (Å²) in [5.74, 6) is -0.430. The van der Waals surface area contributed by atoms with Crippen LogP contribution in [-0.4, -0.2) is 23.2 Å². The molecular weight excluding hydrogens is 280 g/mol. The fourth-order valence-electron chi connectivity index (χ4n) is 1.75. The van der Waals surface area contributed by atoms with Crippen molar-refractivity contribution in [3.63, 3.8) is 0 Å². The zero-order valence-corrected chi connectivity index (χ0v) is 11.5. The van der Waals surface area contributed by atoms with Crippen LogP contribution in [0.1, 0.15) is 15.2 Å². The third-order valence-electron chi connectivity index (χ3n) is 2.63. The summed E-state index contributed by atoms with van der Waals surface area (Å²) < 4.78 is 5.11. The third-order valence-corrected chi connectivity index (χ3v) is 3.56. The Morgan fingerprint density at radius 1 is 1.55 bits per heavy atom. The van der Waals surface area contributed by atoms with Crippen molar-refractivity contribution in [1.29, 1.82) is 0 Å². The van der Waals surface area contributed by atoms with Crippen LogP contribution in [0.25, 0.3) is 21.7 Å². The molecule has 2 aromatic rings. The molecule has 1 aromatic heterocycles. The lowest BCUT2D eigenvalue weighted by atomic mass is 10.0. The lowest BCUT2D eigenvalue weighted by Gasteiger charge is -2.06. The lowest BCUT2D eigenvalue weighted by Crippen LogP contribution is -1.97. The second-order valence-electron chi connectivity index (χ2n) is 3.85. The first kappa shape index (κ1) is 13.9. The highest BCUT2D eigenvalue weighted by Crippen LogP contribution is 2.35. The highest BCUT2D eigenvalue weighted by atomic mass is 32.1. The summed E-state index contributed by atoms with van der Waals surface area (Å²) in [7, 11) is 1.56. The second kappa shape index (κ2) is 5.60. The standard InChI is InChI=1S/C12H10N4O3S/c1-6-5-7(19-2)3-4-8(6)9-10(11(17)18)20-12(14-9)15-16-13/h3-5H,1-2H3,(H,17,18). The van der Waals surface area contributed by atoms with E-state index in [1.54, 1.807) is 25.3 Å². The van der Waals surface area contributed by atoms with E-state index in [9.17, 15) is 9.90 Å². The number of nitrogens with zero attached hydrogens (tertiary/aromatic N) is 4. The monoisotopic (exact) mass is 290 g/mol. The molecule has 0 bridgehead atoms. The van der Waals surface area contributed by atoms with Crippen molar-refractivity contribution in [2.75, 3.05) is 7.11 Å². The zero-order chi connectivity index (χ0) is 14.7. The first-order valence-electron chi connectivity index (χ1n) is 5.51. The fourth-order valence-corrected chi connectivity index (χ4v) is 2.48. The minimum atomic E-state index is -1.10. The van der Waals surface area contributed by atoms with Gasteiger partial charge in [0.25, 0.3) is 0 Å². The second-order valence-corrected chi connectivity index (χ2v) is 4.83. The summed E-state index contributed by atoms with van der Waals surface area (Å²) in [6.45, 7) is 1.83. The van der Waals surface area contributed by atoms with Gasteiger partial charge in [0.2, 0.25) is 0 Å². The minimum Gasteiger partial charge on any atom is -0.497 e. The average molecular weight is 290 g/mol. The molecule has 0 saturated carbocycles. The van der Waals surface area contributed by atoms with Gasteiger partial charge in [-0.05, 0) is 41.3 Å². The molecule has 1 N–H and O–H groups in total. The van der Waals surface area contributed by atoms with Gasteiger partial charge in [0.15, 0.2) is 5.13 Å². The Kier molecular flexibility index (Phi) is 3.88. The van der Waals surface area contributed by atoms with Gasteiger partial charge in [-0.2, -0.15) is 0 Å². The normalized spacial score (nSPS) is 9.90. The first-order valence-corrected chi connectivity index (χ1v) is 6.32. The number of thiazole rings is 1. The van der Waals surface area contributed by atoms with E-state index >= 15 is 0 Å². The van der Waals surface area contributed by atoms with E-state index in [1.165, 1.54) is 0 Å². The number of aromatic nitrogens is 1. The summed E-state index contributed by atoms with van der Waals surface area (Å²) >= 11 is 0.843. The molecule has 20 heavy (non-hydrogen) atoms. The van der Waals surface area contributed by atoms with Crippen molar-refractivity contribution < 1.29 is 14.6 Å². The molecule has 2 rings (SSSR count). The lowest BCUT2D eigenvalue weighted by molar-refractivity contribution is 0.0702. The SMILES string of the molecule is COc1ccc(-c2nc(N=[N+]=[N-])sc2C(=O)O)c(C)c1. The number of carboxylic acid groups (broad SMARTS) is 1. The van der Waals surface area contributed by atoms with Crippen molar-refractivity contribution in [3.05, 3.63) is 39.1 Å². The van der Waals surface area contributed by atoms with Gasteiger partial charge in [-0.25, -0.2) is 9.78 Å². The molecule has 0 radical (unpaired) electrons. The van der Waals surface area contributed by atoms with E-state index in [2.05, 4.69) is 15.0 Å². The average Bonchev–Trinajstić information content (AvgIpc) is 2.83. The summed E-state index contributed by atoms with van der Waals surface area (Å²) in [6.07, 6.45) is 0. The van der Waals surface area contributed by atoms with Gasteiger partial charge in [-0.3, -0.25) is 0 Å². The van der Waals surface area contributed by atoms with Crippen LogP contribution in [0.5, 0.6) is 5.75 Å². The van der Waals surface area contributed by atoms with E-state index < -0.39 is 5.97 Å². The van der Waals surface area contributed by atoms with Crippen molar-refractivity contribution in [2.45, 2.75) is 6.92 Å². The highest BCUT2D eigenvalue weighted by molar-refractivity contribution is 7.17. The maximum atomic E-state index is 11.3. The molecule has 7 nitrogen and oxygen atoms in total. The molecule has 0 saturated heterocycles. The molecule has 1 aromatic carbocycles. The Morgan fingerprint density at radius 3 is 2.85 bits per heavy atom. The summed E-state index contributed by atoms with van der Waals surface area (Å²) in [5, 5.41) is 12.6. The Morgan fingerprint density at radius 2 is 2.30 bits per heavy atom. The van der Waals surface area contributed by atoms with Gasteiger partial charge in [0.05, 0.1) is 12.8 Å². The molecule has 8 heteroatoms. The van der Waals surface area contributed by atoms with Crippen LogP contribution in [0.2, 0.25) is 0 Å². The molecule has 1 heterocycles. The number of azide groups is 1. The number of aromatic carboxylic acids is 1. The van der Waals surface area contributed by atoms with Gasteiger partial charge in [0, 0.05) is 10.5 Å². The predicted molar refractivity (Wildman–Crippen MR) is 74.6 cm³/mol. The number of rotatable bonds is 4. The van der Waals surface area contributed by atoms with Crippen LogP contribution >= 0.6 is 11.3 Å². The Hall–Kier alpha value is -2.57. The number of carbonyl (C=O) groups is 1. The zero-order valence-electron chi connectivity index (χ0n) is 10.7. The van der Waals surface area contributed by atoms with E-state index in [0.29, 0.717) is 17.0 Å². The van der Waals surface area contributed by atoms with Crippen LogP contribution in [0, 0.1) is 6.92 Å². The predicted octanol–water partition coefficient (Wildman–Crippen LogP) is 3.77. The minimum absolute atomic E-state index is 0.0423. The van der Waals surface area contributed by atoms with Crippen LogP contribution in [0.3, 0.4) is 0 Å². The highest BCUT2D eigenvalue weighted by Gasteiger charge is 2.19. The number of aryl methyl sites for hydroxylation is 1. The van der Waals surface area contributed by atoms with Gasteiger partial charge in [-0.15, -0.1) is 11.3 Å². The van der Waals surface area contributed by atoms with E-state index in [1.807, 2.05) is 6.92 Å². The van der Waals surface area contributed by atoms with E-state index in [-0.39, 0.29) is 10.0 Å². The van der Waals surface area contributed by atoms with Gasteiger partial charge in [0.1, 0.15) is 10.6 Å². The molecule has 0 fully saturated rings. The number of methoxy groups -OCH3 is 1. The molecule has 0 aliphatic carbocycles. The van der Waals surface area contributed by atoms with Crippen LogP contribution in [-0.2, 0) is 0 Å². The maximum Gasteiger partial charge on any atom is 0.348 e. The van der Waals surface area contributed by atoms with Crippen molar-refractivity contribution in [1.82, 2.24) is 4.98 Å². The molecular formula is C12H10N4O3S. The van der Waals surface area contributed by atoms with Crippen molar-refractivity contribution in [3.8, 4) is 17.0 Å². The van der Waals surface area contributed by atoms with Gasteiger partial charge < -0.3 is 9.84 Å². The summed E-state index contributed by atoms with van der Waals surface area (Å²) in [6, 6.07) is 5.24.